The molecule has 0 saturated carbocycles. The molecule has 8 heteroatoms. The summed E-state index contributed by atoms with van der Waals surface area (Å²) in [6.07, 6.45) is 1.64. The highest BCUT2D eigenvalue weighted by Gasteiger charge is 2.15. The standard InChI is InChI=1S/C17H11Cl3N4O/c18-9-6-12(19)15(13(20)7-9)10-3-4-23-14-2-1-8(5-11(10)14)16(25)24-17(21)22/h1-7H,(H4,21,22,24,25). The summed E-state index contributed by atoms with van der Waals surface area (Å²) in [6.45, 7) is 0. The maximum atomic E-state index is 12.1. The Bertz CT molecular complexity index is 1010. The third-order valence-corrected chi connectivity index (χ3v) is 4.31. The van der Waals surface area contributed by atoms with E-state index in [9.17, 15) is 4.79 Å². The number of fused-ring (bicyclic) bond motifs is 1. The van der Waals surface area contributed by atoms with Crippen LogP contribution in [-0.2, 0) is 0 Å². The van der Waals surface area contributed by atoms with Crippen molar-refractivity contribution in [2.75, 3.05) is 0 Å². The zero-order chi connectivity index (χ0) is 18.1. The number of hydrogen-bond donors (Lipinski definition) is 2. The number of amides is 1. The lowest BCUT2D eigenvalue weighted by Gasteiger charge is -2.11. The van der Waals surface area contributed by atoms with Crippen molar-refractivity contribution >= 4 is 57.6 Å². The number of rotatable bonds is 2. The Morgan fingerprint density at radius 1 is 1.00 bits per heavy atom. The molecule has 1 heterocycles. The summed E-state index contributed by atoms with van der Waals surface area (Å²) in [7, 11) is 0. The van der Waals surface area contributed by atoms with Crippen molar-refractivity contribution in [3.05, 3.63) is 63.2 Å². The first-order valence-electron chi connectivity index (χ1n) is 7.04. The average molecular weight is 394 g/mol. The molecule has 0 aliphatic rings. The minimum atomic E-state index is -0.551. The van der Waals surface area contributed by atoms with Crippen LogP contribution >= 0.6 is 34.8 Å². The summed E-state index contributed by atoms with van der Waals surface area (Å²) in [5.74, 6) is -0.856. The van der Waals surface area contributed by atoms with Gasteiger partial charge in [-0.05, 0) is 42.0 Å². The van der Waals surface area contributed by atoms with Crippen LogP contribution in [0.15, 0.2) is 47.6 Å². The van der Waals surface area contributed by atoms with Gasteiger partial charge in [-0.15, -0.1) is 0 Å². The van der Waals surface area contributed by atoms with E-state index in [0.717, 1.165) is 5.56 Å². The zero-order valence-electron chi connectivity index (χ0n) is 12.6. The fourth-order valence-corrected chi connectivity index (χ4v) is 3.50. The van der Waals surface area contributed by atoms with Gasteiger partial charge >= 0.3 is 0 Å². The number of aliphatic imine (C=N–C) groups is 1. The summed E-state index contributed by atoms with van der Waals surface area (Å²) in [5, 5.41) is 1.91. The van der Waals surface area contributed by atoms with E-state index in [4.69, 9.17) is 46.3 Å². The van der Waals surface area contributed by atoms with E-state index >= 15 is 0 Å². The van der Waals surface area contributed by atoms with Crippen molar-refractivity contribution in [3.8, 4) is 11.1 Å². The molecule has 0 radical (unpaired) electrons. The van der Waals surface area contributed by atoms with Crippen molar-refractivity contribution in [1.29, 1.82) is 0 Å². The molecule has 0 aliphatic carbocycles. The Balaban J connectivity index is 2.27. The first-order chi connectivity index (χ1) is 11.9. The number of halogens is 3. The average Bonchev–Trinajstić information content (AvgIpc) is 2.53. The fourth-order valence-electron chi connectivity index (χ4n) is 2.48. The van der Waals surface area contributed by atoms with Gasteiger partial charge in [-0.2, -0.15) is 4.99 Å². The summed E-state index contributed by atoms with van der Waals surface area (Å²) in [4.78, 5) is 19.9. The van der Waals surface area contributed by atoms with Crippen LogP contribution in [0.25, 0.3) is 22.0 Å². The minimum Gasteiger partial charge on any atom is -0.370 e. The van der Waals surface area contributed by atoms with Crippen molar-refractivity contribution in [3.63, 3.8) is 0 Å². The number of hydrogen-bond acceptors (Lipinski definition) is 2. The highest BCUT2D eigenvalue weighted by atomic mass is 35.5. The number of carbonyl (C=O) groups excluding carboxylic acids is 1. The van der Waals surface area contributed by atoms with E-state index in [1.54, 1.807) is 42.6 Å². The normalized spacial score (nSPS) is 10.7. The highest BCUT2D eigenvalue weighted by Crippen LogP contribution is 2.40. The van der Waals surface area contributed by atoms with Crippen LogP contribution < -0.4 is 11.5 Å². The lowest BCUT2D eigenvalue weighted by atomic mass is 9.99. The first-order valence-corrected chi connectivity index (χ1v) is 8.18. The van der Waals surface area contributed by atoms with Crippen LogP contribution in [0, 0.1) is 0 Å². The fraction of sp³-hybridized carbons (Fsp3) is 0. The molecule has 2 aromatic carbocycles. The lowest BCUT2D eigenvalue weighted by molar-refractivity contribution is 0.100. The van der Waals surface area contributed by atoms with Crippen molar-refractivity contribution in [2.24, 2.45) is 16.5 Å². The van der Waals surface area contributed by atoms with Gasteiger partial charge in [0.1, 0.15) is 0 Å². The van der Waals surface area contributed by atoms with Crippen LogP contribution in [0.3, 0.4) is 0 Å². The largest absolute Gasteiger partial charge is 0.370 e. The topological polar surface area (TPSA) is 94.4 Å². The second-order valence-corrected chi connectivity index (χ2v) is 6.43. The van der Waals surface area contributed by atoms with Crippen LogP contribution in [0.2, 0.25) is 15.1 Å². The Morgan fingerprint density at radius 2 is 1.68 bits per heavy atom. The number of benzene rings is 2. The molecule has 1 aromatic heterocycles. The molecule has 25 heavy (non-hydrogen) atoms. The van der Waals surface area contributed by atoms with E-state index < -0.39 is 5.91 Å². The Kier molecular flexibility index (Phi) is 4.81. The van der Waals surface area contributed by atoms with Gasteiger partial charge < -0.3 is 11.5 Å². The van der Waals surface area contributed by atoms with Gasteiger partial charge in [0.2, 0.25) is 0 Å². The third-order valence-electron chi connectivity index (χ3n) is 3.50. The van der Waals surface area contributed by atoms with E-state index in [1.165, 1.54) is 0 Å². The van der Waals surface area contributed by atoms with Gasteiger partial charge in [-0.25, -0.2) is 0 Å². The maximum Gasteiger partial charge on any atom is 0.280 e. The third kappa shape index (κ3) is 3.54. The summed E-state index contributed by atoms with van der Waals surface area (Å²) < 4.78 is 0. The van der Waals surface area contributed by atoms with Gasteiger partial charge in [-0.1, -0.05) is 34.8 Å². The van der Waals surface area contributed by atoms with E-state index in [1.807, 2.05) is 0 Å². The van der Waals surface area contributed by atoms with E-state index in [2.05, 4.69) is 9.98 Å². The number of nitrogens with two attached hydrogens (primary N) is 2. The number of nitrogens with zero attached hydrogens (tertiary/aromatic N) is 2. The second kappa shape index (κ2) is 6.88. The molecular weight excluding hydrogens is 383 g/mol. The Morgan fingerprint density at radius 3 is 2.32 bits per heavy atom. The van der Waals surface area contributed by atoms with Crippen LogP contribution in [0.5, 0.6) is 0 Å². The molecule has 0 bridgehead atoms. The Hall–Kier alpha value is -2.34. The Labute approximate surface area is 158 Å². The smallest absolute Gasteiger partial charge is 0.280 e. The van der Waals surface area contributed by atoms with Crippen LogP contribution in [0.1, 0.15) is 10.4 Å². The lowest BCUT2D eigenvalue weighted by Crippen LogP contribution is -2.24. The molecule has 5 nitrogen and oxygen atoms in total. The van der Waals surface area contributed by atoms with Gasteiger partial charge in [0.25, 0.3) is 5.91 Å². The first kappa shape index (κ1) is 17.5. The number of aromatic nitrogens is 1. The molecule has 0 aliphatic heterocycles. The molecule has 0 spiro atoms. The molecule has 126 valence electrons. The predicted octanol–water partition coefficient (Wildman–Crippen LogP) is 4.28. The quantitative estimate of drug-likeness (QED) is 0.502. The zero-order valence-corrected chi connectivity index (χ0v) is 14.9. The molecule has 3 aromatic rings. The molecule has 0 fully saturated rings. The SMILES string of the molecule is NC(N)=NC(=O)c1ccc2nccc(-c3c(Cl)cc(Cl)cc3Cl)c2c1. The van der Waals surface area contributed by atoms with Crippen molar-refractivity contribution < 1.29 is 4.79 Å². The van der Waals surface area contributed by atoms with E-state index in [-0.39, 0.29) is 5.96 Å². The molecule has 0 atom stereocenters. The van der Waals surface area contributed by atoms with Gasteiger partial charge in [0.15, 0.2) is 5.96 Å². The molecular formula is C17H11Cl3N4O. The highest BCUT2D eigenvalue weighted by molar-refractivity contribution is 6.42. The van der Waals surface area contributed by atoms with Crippen LogP contribution in [0.4, 0.5) is 0 Å². The maximum absolute atomic E-state index is 12.1. The summed E-state index contributed by atoms with van der Waals surface area (Å²) >= 11 is 18.6. The van der Waals surface area contributed by atoms with Gasteiger partial charge in [0.05, 0.1) is 15.6 Å². The molecule has 1 amide bonds. The minimum absolute atomic E-state index is 0.305. The molecule has 0 saturated heterocycles. The molecule has 3 rings (SSSR count). The van der Waals surface area contributed by atoms with E-state index in [0.29, 0.717) is 37.1 Å². The molecule has 0 unspecified atom stereocenters. The number of carbonyl (C=O) groups is 1. The predicted molar refractivity (Wildman–Crippen MR) is 102 cm³/mol. The second-order valence-electron chi connectivity index (χ2n) is 5.18. The van der Waals surface area contributed by atoms with Crippen molar-refractivity contribution in [1.82, 2.24) is 4.98 Å². The number of pyridine rings is 1. The molecule has 4 N–H and O–H groups in total. The van der Waals surface area contributed by atoms with Gasteiger partial charge in [0, 0.05) is 27.7 Å². The van der Waals surface area contributed by atoms with Gasteiger partial charge in [-0.3, -0.25) is 9.78 Å². The van der Waals surface area contributed by atoms with Crippen LogP contribution in [-0.4, -0.2) is 16.9 Å². The van der Waals surface area contributed by atoms with Crippen molar-refractivity contribution in [2.45, 2.75) is 0 Å². The summed E-state index contributed by atoms with van der Waals surface area (Å²) in [6, 6.07) is 9.91. The monoisotopic (exact) mass is 392 g/mol. The summed E-state index contributed by atoms with van der Waals surface area (Å²) in [5.41, 5.74) is 12.8. The number of guanidine groups is 1.